The standard InChI is InChI=1S/C40H74N2O5/c1-3-5-7-9-11-13-14-15-16-18-20-22-28-34-39(44)47-36(30-25-21-19-17-12-10-8-6-4-2)31-26-23-24-27-33-38(43)42-37(40(45)46)32-29-35-41/h13-14,25,30,36-37H,3-12,15-24,26-29,31-35,41H2,1-2H3,(H,42,43)(H,45,46)/b14-13-,30-25-. The Morgan fingerprint density at radius 2 is 1.11 bits per heavy atom. The Morgan fingerprint density at radius 3 is 1.68 bits per heavy atom. The summed E-state index contributed by atoms with van der Waals surface area (Å²) in [7, 11) is 0. The smallest absolute Gasteiger partial charge is 0.326 e. The minimum Gasteiger partial charge on any atom is -0.480 e. The molecule has 1 amide bonds. The van der Waals surface area contributed by atoms with Crippen LogP contribution >= 0.6 is 0 Å². The van der Waals surface area contributed by atoms with E-state index < -0.39 is 12.0 Å². The van der Waals surface area contributed by atoms with Crippen molar-refractivity contribution in [3.05, 3.63) is 24.3 Å². The Morgan fingerprint density at radius 1 is 0.617 bits per heavy atom. The number of hydrogen-bond acceptors (Lipinski definition) is 5. The van der Waals surface area contributed by atoms with Gasteiger partial charge in [0.15, 0.2) is 0 Å². The fourth-order valence-electron chi connectivity index (χ4n) is 5.71. The predicted octanol–water partition coefficient (Wildman–Crippen LogP) is 10.5. The fourth-order valence-corrected chi connectivity index (χ4v) is 5.71. The van der Waals surface area contributed by atoms with Gasteiger partial charge in [0.2, 0.25) is 5.91 Å². The SMILES string of the molecule is CCCCCC/C=C\CCCCCCCC(=O)OC(/C=C\CCCCCCCCC)CCCCCCC(=O)NC(CCCN)C(=O)O. The topological polar surface area (TPSA) is 119 Å². The van der Waals surface area contributed by atoms with E-state index in [2.05, 4.69) is 43.5 Å². The summed E-state index contributed by atoms with van der Waals surface area (Å²) < 4.78 is 5.91. The third-order valence-corrected chi connectivity index (χ3v) is 8.72. The Labute approximate surface area is 289 Å². The third-order valence-electron chi connectivity index (χ3n) is 8.72. The highest BCUT2D eigenvalue weighted by atomic mass is 16.5. The van der Waals surface area contributed by atoms with Crippen LogP contribution in [0.3, 0.4) is 0 Å². The number of rotatable bonds is 35. The summed E-state index contributed by atoms with van der Waals surface area (Å²) >= 11 is 0. The molecule has 0 fully saturated rings. The van der Waals surface area contributed by atoms with Crippen molar-refractivity contribution in [2.45, 2.75) is 206 Å². The molecule has 0 bridgehead atoms. The molecule has 274 valence electrons. The second kappa shape index (κ2) is 35.2. The number of nitrogens with two attached hydrogens (primary N) is 1. The van der Waals surface area contributed by atoms with Crippen molar-refractivity contribution in [2.75, 3.05) is 6.54 Å². The number of allylic oxidation sites excluding steroid dienone is 3. The van der Waals surface area contributed by atoms with Crippen LogP contribution in [0, 0.1) is 0 Å². The highest BCUT2D eigenvalue weighted by Crippen LogP contribution is 2.15. The van der Waals surface area contributed by atoms with Gasteiger partial charge in [0.1, 0.15) is 12.1 Å². The molecule has 0 heterocycles. The van der Waals surface area contributed by atoms with Crippen molar-refractivity contribution < 1.29 is 24.2 Å². The van der Waals surface area contributed by atoms with E-state index in [9.17, 15) is 19.5 Å². The van der Waals surface area contributed by atoms with Gasteiger partial charge >= 0.3 is 11.9 Å². The van der Waals surface area contributed by atoms with Crippen LogP contribution in [0.25, 0.3) is 0 Å². The molecule has 0 rings (SSSR count). The molecule has 7 heteroatoms. The molecule has 0 aromatic rings. The maximum atomic E-state index is 12.7. The Hall–Kier alpha value is -2.15. The van der Waals surface area contributed by atoms with E-state index in [0.717, 1.165) is 51.4 Å². The molecule has 47 heavy (non-hydrogen) atoms. The Balaban J connectivity index is 4.37. The molecule has 0 radical (unpaired) electrons. The van der Waals surface area contributed by atoms with E-state index in [1.807, 2.05) is 0 Å². The van der Waals surface area contributed by atoms with Crippen LogP contribution in [0.2, 0.25) is 0 Å². The monoisotopic (exact) mass is 663 g/mol. The molecule has 7 nitrogen and oxygen atoms in total. The molecular formula is C40H74N2O5. The van der Waals surface area contributed by atoms with Crippen molar-refractivity contribution in [1.29, 1.82) is 0 Å². The van der Waals surface area contributed by atoms with Gasteiger partial charge in [-0.05, 0) is 89.7 Å². The van der Waals surface area contributed by atoms with Crippen molar-refractivity contribution in [2.24, 2.45) is 5.73 Å². The number of hydrogen-bond donors (Lipinski definition) is 3. The summed E-state index contributed by atoms with van der Waals surface area (Å²) in [5.41, 5.74) is 5.47. The Bertz CT molecular complexity index is 797. The zero-order valence-corrected chi connectivity index (χ0v) is 30.6. The number of esters is 1. The first kappa shape index (κ1) is 44.9. The quantitative estimate of drug-likeness (QED) is 0.0353. The van der Waals surface area contributed by atoms with Crippen molar-refractivity contribution in [1.82, 2.24) is 5.32 Å². The van der Waals surface area contributed by atoms with Crippen LogP contribution in [-0.4, -0.2) is 41.6 Å². The van der Waals surface area contributed by atoms with Crippen molar-refractivity contribution in [3.8, 4) is 0 Å². The molecule has 0 saturated carbocycles. The van der Waals surface area contributed by atoms with Gasteiger partial charge in [0.05, 0.1) is 0 Å². The number of nitrogens with one attached hydrogen (secondary N) is 1. The highest BCUT2D eigenvalue weighted by Gasteiger charge is 2.19. The molecule has 0 aliphatic heterocycles. The summed E-state index contributed by atoms with van der Waals surface area (Å²) in [6.45, 7) is 4.90. The zero-order valence-electron chi connectivity index (χ0n) is 30.6. The largest absolute Gasteiger partial charge is 0.480 e. The molecule has 0 aromatic carbocycles. The van der Waals surface area contributed by atoms with Crippen molar-refractivity contribution >= 4 is 17.8 Å². The van der Waals surface area contributed by atoms with Gasteiger partial charge in [0, 0.05) is 12.8 Å². The summed E-state index contributed by atoms with van der Waals surface area (Å²) in [6.07, 6.45) is 38.0. The van der Waals surface area contributed by atoms with Gasteiger partial charge in [-0.25, -0.2) is 4.79 Å². The van der Waals surface area contributed by atoms with E-state index in [1.165, 1.54) is 96.3 Å². The van der Waals surface area contributed by atoms with Gasteiger partial charge < -0.3 is 20.9 Å². The minimum atomic E-state index is -1.01. The Kier molecular flexibility index (Phi) is 33.6. The molecule has 2 unspecified atom stereocenters. The highest BCUT2D eigenvalue weighted by molar-refractivity contribution is 5.83. The molecular weight excluding hydrogens is 588 g/mol. The van der Waals surface area contributed by atoms with Gasteiger partial charge in [-0.15, -0.1) is 0 Å². The summed E-state index contributed by atoms with van der Waals surface area (Å²) in [5, 5.41) is 11.9. The minimum absolute atomic E-state index is 0.0964. The fraction of sp³-hybridized carbons (Fsp3) is 0.825. The average Bonchev–Trinajstić information content (AvgIpc) is 3.05. The summed E-state index contributed by atoms with van der Waals surface area (Å²) in [5.74, 6) is -1.33. The van der Waals surface area contributed by atoms with E-state index >= 15 is 0 Å². The molecule has 2 atom stereocenters. The van der Waals surface area contributed by atoms with E-state index in [-0.39, 0.29) is 18.0 Å². The first-order valence-corrected chi connectivity index (χ1v) is 19.7. The molecule has 0 aliphatic rings. The summed E-state index contributed by atoms with van der Waals surface area (Å²) in [6, 6.07) is -0.869. The number of amides is 1. The lowest BCUT2D eigenvalue weighted by Gasteiger charge is -2.15. The molecule has 0 aromatic heterocycles. The second-order valence-corrected chi connectivity index (χ2v) is 13.3. The lowest BCUT2D eigenvalue weighted by molar-refractivity contribution is -0.147. The van der Waals surface area contributed by atoms with Crippen molar-refractivity contribution in [3.63, 3.8) is 0 Å². The molecule has 4 N–H and O–H groups in total. The average molecular weight is 663 g/mol. The third kappa shape index (κ3) is 32.2. The maximum absolute atomic E-state index is 12.7. The van der Waals surface area contributed by atoms with E-state index in [0.29, 0.717) is 38.6 Å². The van der Waals surface area contributed by atoms with E-state index in [1.54, 1.807) is 0 Å². The first-order chi connectivity index (χ1) is 22.9. The van der Waals surface area contributed by atoms with Crippen LogP contribution in [0.1, 0.15) is 194 Å². The normalized spacial score (nSPS) is 12.9. The predicted molar refractivity (Wildman–Crippen MR) is 197 cm³/mol. The number of unbranched alkanes of at least 4 members (excludes halogenated alkanes) is 19. The number of carboxylic acid groups (broad SMARTS) is 1. The number of aliphatic carboxylic acids is 1. The maximum Gasteiger partial charge on any atom is 0.326 e. The van der Waals surface area contributed by atoms with Crippen LogP contribution in [0.4, 0.5) is 0 Å². The number of carbonyl (C=O) groups is 3. The van der Waals surface area contributed by atoms with E-state index in [4.69, 9.17) is 10.5 Å². The zero-order chi connectivity index (χ0) is 34.6. The number of carboxylic acids is 1. The molecule has 0 saturated heterocycles. The molecule has 0 aliphatic carbocycles. The van der Waals surface area contributed by atoms with Gasteiger partial charge in [0.25, 0.3) is 0 Å². The van der Waals surface area contributed by atoms with Gasteiger partial charge in [-0.3, -0.25) is 9.59 Å². The first-order valence-electron chi connectivity index (χ1n) is 19.7. The van der Waals surface area contributed by atoms with Gasteiger partial charge in [-0.1, -0.05) is 122 Å². The number of carbonyl (C=O) groups excluding carboxylic acids is 2. The molecule has 0 spiro atoms. The lowest BCUT2D eigenvalue weighted by Crippen LogP contribution is -2.40. The van der Waals surface area contributed by atoms with Crippen LogP contribution in [0.15, 0.2) is 24.3 Å². The second-order valence-electron chi connectivity index (χ2n) is 13.3. The van der Waals surface area contributed by atoms with Gasteiger partial charge in [-0.2, -0.15) is 0 Å². The van der Waals surface area contributed by atoms with Crippen LogP contribution < -0.4 is 11.1 Å². The number of ether oxygens (including phenoxy) is 1. The lowest BCUT2D eigenvalue weighted by atomic mass is 10.1. The van der Waals surface area contributed by atoms with Crippen LogP contribution in [-0.2, 0) is 19.1 Å². The summed E-state index contributed by atoms with van der Waals surface area (Å²) in [4.78, 5) is 36.2. The van der Waals surface area contributed by atoms with Crippen LogP contribution in [0.5, 0.6) is 0 Å².